The molecule has 1 aliphatic rings. The zero-order valence-electron chi connectivity index (χ0n) is 14.9. The molecule has 1 fully saturated rings. The number of piperidine rings is 1. The number of rotatable bonds is 4. The highest BCUT2D eigenvalue weighted by Gasteiger charge is 2.31. The summed E-state index contributed by atoms with van der Waals surface area (Å²) in [4.78, 5) is 21.9. The third kappa shape index (κ3) is 3.76. The zero-order valence-corrected chi connectivity index (χ0v) is 15.7. The van der Waals surface area contributed by atoms with Gasteiger partial charge in [0.1, 0.15) is 6.33 Å². The summed E-state index contributed by atoms with van der Waals surface area (Å²) < 4.78 is 27.6. The number of nitrogens with zero attached hydrogens (tertiary/aromatic N) is 4. The number of sulfonamides is 1. The van der Waals surface area contributed by atoms with E-state index in [1.54, 1.807) is 32.4 Å². The Kier molecular flexibility index (Phi) is 5.33. The van der Waals surface area contributed by atoms with Gasteiger partial charge in [-0.2, -0.15) is 4.31 Å². The van der Waals surface area contributed by atoms with E-state index in [4.69, 9.17) is 0 Å². The Bertz CT molecular complexity index is 884. The van der Waals surface area contributed by atoms with Gasteiger partial charge in [-0.1, -0.05) is 6.07 Å². The van der Waals surface area contributed by atoms with Crippen LogP contribution in [0.3, 0.4) is 0 Å². The largest absolute Gasteiger partial charge is 0.345 e. The highest BCUT2D eigenvalue weighted by molar-refractivity contribution is 7.89. The lowest BCUT2D eigenvalue weighted by Gasteiger charge is -2.31. The first kappa shape index (κ1) is 18.5. The fraction of sp³-hybridized carbons (Fsp3) is 0.389. The summed E-state index contributed by atoms with van der Waals surface area (Å²) in [5, 5.41) is 0. The van der Waals surface area contributed by atoms with Crippen LogP contribution in [0.25, 0.3) is 0 Å². The topological polar surface area (TPSA) is 83.5 Å². The molecule has 3 rings (SSSR count). The predicted molar refractivity (Wildman–Crippen MR) is 97.2 cm³/mol. The Labute approximate surface area is 153 Å². The van der Waals surface area contributed by atoms with Crippen LogP contribution in [-0.4, -0.2) is 60.7 Å². The second-order valence-electron chi connectivity index (χ2n) is 6.56. The van der Waals surface area contributed by atoms with Crippen molar-refractivity contribution in [3.63, 3.8) is 0 Å². The minimum atomic E-state index is -3.67. The standard InChI is InChI=1S/C18H22N4O3S/c1-21(2)18(23)14-5-3-7-16(11-14)26(24,25)22-10-4-6-15(12-22)17-8-9-19-13-20-17/h3,5,7-9,11,13,15H,4,6,10,12H2,1-2H3/t15-/m0/s1. The fourth-order valence-corrected chi connectivity index (χ4v) is 4.71. The van der Waals surface area contributed by atoms with Gasteiger partial charge in [0.05, 0.1) is 4.90 Å². The lowest BCUT2D eigenvalue weighted by molar-refractivity contribution is 0.0827. The van der Waals surface area contributed by atoms with E-state index in [0.717, 1.165) is 18.5 Å². The number of aromatic nitrogens is 2. The van der Waals surface area contributed by atoms with Gasteiger partial charge >= 0.3 is 0 Å². The Balaban J connectivity index is 1.86. The molecule has 1 aliphatic heterocycles. The van der Waals surface area contributed by atoms with Crippen LogP contribution in [0.5, 0.6) is 0 Å². The summed E-state index contributed by atoms with van der Waals surface area (Å²) >= 11 is 0. The van der Waals surface area contributed by atoms with E-state index in [9.17, 15) is 13.2 Å². The Morgan fingerprint density at radius 1 is 1.27 bits per heavy atom. The van der Waals surface area contributed by atoms with Crippen molar-refractivity contribution in [2.75, 3.05) is 27.2 Å². The molecule has 0 unspecified atom stereocenters. The minimum Gasteiger partial charge on any atom is -0.345 e. The van der Waals surface area contributed by atoms with E-state index in [1.807, 2.05) is 6.07 Å². The van der Waals surface area contributed by atoms with Crippen LogP contribution in [0.4, 0.5) is 0 Å². The van der Waals surface area contributed by atoms with Gasteiger partial charge < -0.3 is 4.90 Å². The van der Waals surface area contributed by atoms with Crippen LogP contribution in [0.2, 0.25) is 0 Å². The van der Waals surface area contributed by atoms with E-state index in [-0.39, 0.29) is 16.7 Å². The SMILES string of the molecule is CN(C)C(=O)c1cccc(S(=O)(=O)N2CCC[C@H](c3ccncn3)C2)c1. The Morgan fingerprint density at radius 2 is 2.08 bits per heavy atom. The molecule has 1 atom stereocenters. The van der Waals surface area contributed by atoms with E-state index < -0.39 is 10.0 Å². The van der Waals surface area contributed by atoms with Crippen LogP contribution in [-0.2, 0) is 10.0 Å². The van der Waals surface area contributed by atoms with Gasteiger partial charge in [-0.05, 0) is 37.1 Å². The molecular weight excluding hydrogens is 352 g/mol. The molecule has 7 nitrogen and oxygen atoms in total. The molecule has 8 heteroatoms. The number of amides is 1. The monoisotopic (exact) mass is 374 g/mol. The molecule has 1 amide bonds. The van der Waals surface area contributed by atoms with E-state index in [2.05, 4.69) is 9.97 Å². The van der Waals surface area contributed by atoms with Crippen molar-refractivity contribution in [1.82, 2.24) is 19.2 Å². The maximum absolute atomic E-state index is 13.1. The fourth-order valence-electron chi connectivity index (χ4n) is 3.14. The van der Waals surface area contributed by atoms with Crippen LogP contribution >= 0.6 is 0 Å². The Morgan fingerprint density at radius 3 is 2.77 bits per heavy atom. The predicted octanol–water partition coefficient (Wildman–Crippen LogP) is 1.75. The third-order valence-corrected chi connectivity index (χ3v) is 6.39. The molecule has 0 bridgehead atoms. The first-order valence-electron chi connectivity index (χ1n) is 8.47. The summed E-state index contributed by atoms with van der Waals surface area (Å²) in [6, 6.07) is 8.05. The van der Waals surface area contributed by atoms with Crippen molar-refractivity contribution in [2.45, 2.75) is 23.7 Å². The number of benzene rings is 1. The maximum atomic E-state index is 13.1. The molecule has 0 spiro atoms. The average Bonchev–Trinajstić information content (AvgIpc) is 2.68. The molecule has 1 aromatic heterocycles. The first-order valence-corrected chi connectivity index (χ1v) is 9.91. The van der Waals surface area contributed by atoms with Gasteiger partial charge in [0.2, 0.25) is 10.0 Å². The molecule has 138 valence electrons. The molecule has 26 heavy (non-hydrogen) atoms. The molecule has 1 aromatic carbocycles. The normalized spacial score (nSPS) is 18.5. The number of hydrogen-bond acceptors (Lipinski definition) is 5. The van der Waals surface area contributed by atoms with Crippen LogP contribution in [0.1, 0.15) is 34.8 Å². The smallest absolute Gasteiger partial charge is 0.253 e. The summed E-state index contributed by atoms with van der Waals surface area (Å²) in [5.41, 5.74) is 1.22. The maximum Gasteiger partial charge on any atom is 0.253 e. The quantitative estimate of drug-likeness (QED) is 0.814. The number of carbonyl (C=O) groups is 1. The molecule has 0 N–H and O–H groups in total. The Hall–Kier alpha value is -2.32. The first-order chi connectivity index (χ1) is 12.4. The van der Waals surface area contributed by atoms with Crippen molar-refractivity contribution in [2.24, 2.45) is 0 Å². The van der Waals surface area contributed by atoms with E-state index in [0.29, 0.717) is 18.7 Å². The number of carbonyl (C=O) groups excluding carboxylic acids is 1. The van der Waals surface area contributed by atoms with Gasteiger partial charge in [0, 0.05) is 50.6 Å². The van der Waals surface area contributed by atoms with Crippen molar-refractivity contribution in [1.29, 1.82) is 0 Å². The van der Waals surface area contributed by atoms with Crippen LogP contribution in [0.15, 0.2) is 47.8 Å². The van der Waals surface area contributed by atoms with Crippen LogP contribution in [0, 0.1) is 0 Å². The molecule has 0 saturated carbocycles. The molecular formula is C18H22N4O3S. The van der Waals surface area contributed by atoms with Crippen molar-refractivity contribution in [3.05, 3.63) is 54.1 Å². The minimum absolute atomic E-state index is 0.0492. The second-order valence-corrected chi connectivity index (χ2v) is 8.50. The zero-order chi connectivity index (χ0) is 18.7. The average molecular weight is 374 g/mol. The van der Waals surface area contributed by atoms with E-state index >= 15 is 0 Å². The van der Waals surface area contributed by atoms with Crippen LogP contribution < -0.4 is 0 Å². The second kappa shape index (κ2) is 7.51. The summed E-state index contributed by atoms with van der Waals surface area (Å²) in [5.74, 6) is -0.173. The van der Waals surface area contributed by atoms with Crippen molar-refractivity contribution in [3.8, 4) is 0 Å². The van der Waals surface area contributed by atoms with Gasteiger partial charge in [0.15, 0.2) is 0 Å². The molecule has 1 saturated heterocycles. The lowest BCUT2D eigenvalue weighted by Crippen LogP contribution is -2.39. The third-order valence-electron chi connectivity index (χ3n) is 4.53. The molecule has 2 heterocycles. The van der Waals surface area contributed by atoms with Crippen molar-refractivity contribution < 1.29 is 13.2 Å². The molecule has 0 aliphatic carbocycles. The number of hydrogen-bond donors (Lipinski definition) is 0. The van der Waals surface area contributed by atoms with Gasteiger partial charge in [-0.15, -0.1) is 0 Å². The summed E-state index contributed by atoms with van der Waals surface area (Å²) in [7, 11) is -0.387. The van der Waals surface area contributed by atoms with Gasteiger partial charge in [-0.3, -0.25) is 4.79 Å². The molecule has 2 aromatic rings. The summed E-state index contributed by atoms with van der Waals surface area (Å²) in [6.07, 6.45) is 4.82. The highest BCUT2D eigenvalue weighted by Crippen LogP contribution is 2.29. The van der Waals surface area contributed by atoms with Gasteiger partial charge in [0.25, 0.3) is 5.91 Å². The summed E-state index contributed by atoms with van der Waals surface area (Å²) in [6.45, 7) is 0.848. The highest BCUT2D eigenvalue weighted by atomic mass is 32.2. The molecule has 0 radical (unpaired) electrons. The van der Waals surface area contributed by atoms with E-state index in [1.165, 1.54) is 27.7 Å². The van der Waals surface area contributed by atoms with Gasteiger partial charge in [-0.25, -0.2) is 18.4 Å². The van der Waals surface area contributed by atoms with Crippen molar-refractivity contribution >= 4 is 15.9 Å². The lowest BCUT2D eigenvalue weighted by atomic mass is 9.96.